The number of nitrogens with one attached hydrogen (secondary N) is 1. The van der Waals surface area contributed by atoms with Crippen LogP contribution >= 0.6 is 15.9 Å². The maximum Gasteiger partial charge on any atom is 0.418 e. The van der Waals surface area contributed by atoms with Crippen LogP contribution in [-0.2, 0) is 6.18 Å². The molecule has 0 atom stereocenters. The maximum atomic E-state index is 13.4. The van der Waals surface area contributed by atoms with Crippen molar-refractivity contribution in [2.24, 2.45) is 0 Å². The number of ketones is 2. The molecule has 0 saturated heterocycles. The van der Waals surface area contributed by atoms with Gasteiger partial charge >= 0.3 is 6.18 Å². The van der Waals surface area contributed by atoms with Crippen molar-refractivity contribution in [2.75, 3.05) is 18.5 Å². The van der Waals surface area contributed by atoms with E-state index >= 15 is 0 Å². The number of rotatable bonds is 3. The first-order chi connectivity index (χ1) is 11.8. The molecule has 25 heavy (non-hydrogen) atoms. The summed E-state index contributed by atoms with van der Waals surface area (Å²) in [6.45, 7) is -0.624. The second kappa shape index (κ2) is 6.27. The van der Waals surface area contributed by atoms with E-state index in [1.54, 1.807) is 12.1 Å². The molecule has 0 aromatic heterocycles. The number of halogens is 4. The molecule has 0 radical (unpaired) electrons. The van der Waals surface area contributed by atoms with Gasteiger partial charge in [-0.05, 0) is 22.0 Å². The van der Waals surface area contributed by atoms with Crippen molar-refractivity contribution in [2.45, 2.75) is 6.18 Å². The number of benzene rings is 2. The fourth-order valence-corrected chi connectivity index (χ4v) is 3.44. The average molecular weight is 414 g/mol. The maximum absolute atomic E-state index is 13.4. The molecule has 1 aliphatic rings. The minimum atomic E-state index is -4.74. The number of alkyl halides is 3. The first-order valence-electron chi connectivity index (χ1n) is 7.24. The molecule has 2 aromatic carbocycles. The van der Waals surface area contributed by atoms with Crippen LogP contribution in [-0.4, -0.2) is 29.8 Å². The summed E-state index contributed by atoms with van der Waals surface area (Å²) in [7, 11) is 0. The third-order valence-electron chi connectivity index (χ3n) is 3.87. The molecule has 0 saturated carbocycles. The van der Waals surface area contributed by atoms with Crippen LogP contribution in [0.4, 0.5) is 18.9 Å². The molecule has 0 heterocycles. The van der Waals surface area contributed by atoms with E-state index in [9.17, 15) is 22.8 Å². The lowest BCUT2D eigenvalue weighted by atomic mass is 9.82. The first-order valence-corrected chi connectivity index (χ1v) is 8.03. The second-order valence-corrected chi connectivity index (χ2v) is 6.24. The van der Waals surface area contributed by atoms with E-state index in [0.29, 0.717) is 0 Å². The summed E-state index contributed by atoms with van der Waals surface area (Å²) in [4.78, 5) is 25.5. The van der Waals surface area contributed by atoms with Gasteiger partial charge in [-0.3, -0.25) is 9.59 Å². The topological polar surface area (TPSA) is 66.4 Å². The van der Waals surface area contributed by atoms with Crippen LogP contribution < -0.4 is 5.32 Å². The van der Waals surface area contributed by atoms with Crippen LogP contribution in [0.1, 0.15) is 37.4 Å². The van der Waals surface area contributed by atoms with Crippen molar-refractivity contribution in [3.63, 3.8) is 0 Å². The number of carbonyl (C=O) groups excluding carboxylic acids is 2. The van der Waals surface area contributed by atoms with Crippen molar-refractivity contribution in [3.8, 4) is 0 Å². The number of carbonyl (C=O) groups is 2. The monoisotopic (exact) mass is 413 g/mol. The molecule has 8 heteroatoms. The predicted molar refractivity (Wildman–Crippen MR) is 88.0 cm³/mol. The Morgan fingerprint density at radius 3 is 2.12 bits per heavy atom. The summed E-state index contributed by atoms with van der Waals surface area (Å²) in [5, 5.41) is 11.4. The molecular weight excluding hydrogens is 403 g/mol. The smallest absolute Gasteiger partial charge is 0.395 e. The third kappa shape index (κ3) is 2.85. The molecular formula is C17H11BrF3NO3. The van der Waals surface area contributed by atoms with Crippen LogP contribution in [0.15, 0.2) is 34.8 Å². The van der Waals surface area contributed by atoms with Gasteiger partial charge in [0.15, 0.2) is 11.6 Å². The van der Waals surface area contributed by atoms with E-state index in [0.717, 1.165) is 6.07 Å². The van der Waals surface area contributed by atoms with Gasteiger partial charge < -0.3 is 10.4 Å². The summed E-state index contributed by atoms with van der Waals surface area (Å²) >= 11 is 3.00. The zero-order valence-electron chi connectivity index (χ0n) is 12.6. The SMILES string of the molecule is O=C1c2ccccc2C(=O)c2c(NCCO)c(C(F)(F)F)cc(Br)c21. The van der Waals surface area contributed by atoms with E-state index in [2.05, 4.69) is 21.2 Å². The van der Waals surface area contributed by atoms with Crippen molar-refractivity contribution < 1.29 is 27.9 Å². The fourth-order valence-electron chi connectivity index (χ4n) is 2.84. The highest BCUT2D eigenvalue weighted by atomic mass is 79.9. The highest BCUT2D eigenvalue weighted by molar-refractivity contribution is 9.10. The Balaban J connectivity index is 2.35. The van der Waals surface area contributed by atoms with E-state index in [1.807, 2.05) is 0 Å². The highest BCUT2D eigenvalue weighted by Crippen LogP contribution is 2.44. The molecule has 0 aliphatic heterocycles. The molecule has 0 spiro atoms. The van der Waals surface area contributed by atoms with E-state index in [-0.39, 0.29) is 33.3 Å². The number of hydrogen-bond donors (Lipinski definition) is 2. The molecule has 0 amide bonds. The summed E-state index contributed by atoms with van der Waals surface area (Å²) in [6, 6.07) is 6.76. The van der Waals surface area contributed by atoms with Crippen molar-refractivity contribution >= 4 is 33.2 Å². The molecule has 0 fully saturated rings. The Kier molecular flexibility index (Phi) is 4.42. The summed E-state index contributed by atoms with van der Waals surface area (Å²) in [5.74, 6) is -1.20. The first kappa shape index (κ1) is 17.6. The standard InChI is InChI=1S/C17H11BrF3NO3/c18-11-7-10(17(19,20)21)14(22-5-6-23)13-12(11)15(24)8-3-1-2-4-9(8)16(13)25/h1-4,7,22-23H,5-6H2. The Morgan fingerprint density at radius 2 is 1.60 bits per heavy atom. The minimum absolute atomic E-state index is 0.0540. The molecule has 0 unspecified atom stereocenters. The van der Waals surface area contributed by atoms with Gasteiger partial charge in [-0.1, -0.05) is 24.3 Å². The lowest BCUT2D eigenvalue weighted by Crippen LogP contribution is -2.26. The van der Waals surface area contributed by atoms with Gasteiger partial charge in [0.05, 0.1) is 29.0 Å². The average Bonchev–Trinajstić information content (AvgIpc) is 2.57. The van der Waals surface area contributed by atoms with Crippen molar-refractivity contribution in [3.05, 3.63) is 62.6 Å². The zero-order valence-corrected chi connectivity index (χ0v) is 14.2. The van der Waals surface area contributed by atoms with Gasteiger partial charge in [0.1, 0.15) is 0 Å². The minimum Gasteiger partial charge on any atom is -0.395 e. The Morgan fingerprint density at radius 1 is 1.04 bits per heavy atom. The predicted octanol–water partition coefficient (Wildman–Crippen LogP) is 3.65. The molecule has 2 aromatic rings. The van der Waals surface area contributed by atoms with Crippen LogP contribution in [0, 0.1) is 0 Å². The Hall–Kier alpha value is -2.19. The molecule has 1 aliphatic carbocycles. The van der Waals surface area contributed by atoms with Crippen LogP contribution in [0.3, 0.4) is 0 Å². The number of aliphatic hydroxyl groups is 1. The summed E-state index contributed by atoms with van der Waals surface area (Å²) < 4.78 is 40.2. The van der Waals surface area contributed by atoms with Gasteiger partial charge in [0.2, 0.25) is 0 Å². The van der Waals surface area contributed by atoms with Crippen LogP contribution in [0.25, 0.3) is 0 Å². The highest BCUT2D eigenvalue weighted by Gasteiger charge is 2.41. The number of hydrogen-bond acceptors (Lipinski definition) is 4. The molecule has 3 rings (SSSR count). The van der Waals surface area contributed by atoms with Crippen LogP contribution in [0.5, 0.6) is 0 Å². The van der Waals surface area contributed by atoms with Gasteiger partial charge in [-0.2, -0.15) is 13.2 Å². The quantitative estimate of drug-likeness (QED) is 0.687. The zero-order chi connectivity index (χ0) is 18.4. The molecule has 130 valence electrons. The molecule has 0 bridgehead atoms. The fraction of sp³-hybridized carbons (Fsp3) is 0.176. The second-order valence-electron chi connectivity index (χ2n) is 5.38. The van der Waals surface area contributed by atoms with Gasteiger partial charge in [-0.25, -0.2) is 0 Å². The third-order valence-corrected chi connectivity index (χ3v) is 4.49. The van der Waals surface area contributed by atoms with E-state index < -0.39 is 35.6 Å². The van der Waals surface area contributed by atoms with Crippen LogP contribution in [0.2, 0.25) is 0 Å². The van der Waals surface area contributed by atoms with Gasteiger partial charge in [0, 0.05) is 22.1 Å². The molecule has 2 N–H and O–H groups in total. The number of anilines is 1. The summed E-state index contributed by atoms with van der Waals surface area (Å²) in [6.07, 6.45) is -4.74. The van der Waals surface area contributed by atoms with Gasteiger partial charge in [0.25, 0.3) is 0 Å². The van der Waals surface area contributed by atoms with Crippen molar-refractivity contribution in [1.29, 1.82) is 0 Å². The van der Waals surface area contributed by atoms with E-state index in [4.69, 9.17) is 5.11 Å². The lowest BCUT2D eigenvalue weighted by molar-refractivity contribution is -0.137. The number of fused-ring (bicyclic) bond motifs is 2. The van der Waals surface area contributed by atoms with Gasteiger partial charge in [-0.15, -0.1) is 0 Å². The lowest BCUT2D eigenvalue weighted by Gasteiger charge is -2.25. The Labute approximate surface area is 148 Å². The largest absolute Gasteiger partial charge is 0.418 e. The van der Waals surface area contributed by atoms with E-state index in [1.165, 1.54) is 12.1 Å². The normalized spacial score (nSPS) is 13.5. The van der Waals surface area contributed by atoms with Crippen molar-refractivity contribution in [1.82, 2.24) is 0 Å². The molecule has 4 nitrogen and oxygen atoms in total. The number of aliphatic hydroxyl groups excluding tert-OH is 1. The summed E-state index contributed by atoms with van der Waals surface area (Å²) in [5.41, 5.74) is -1.82. The Bertz CT molecular complexity index is 893.